The molecule has 0 radical (unpaired) electrons. The van der Waals surface area contributed by atoms with E-state index in [2.05, 4.69) is 4.98 Å². The molecule has 0 saturated heterocycles. The number of aromatic nitrogens is 1. The lowest BCUT2D eigenvalue weighted by molar-refractivity contribution is 0.468. The molecule has 1 aromatic carbocycles. The van der Waals surface area contributed by atoms with Gasteiger partial charge in [0, 0.05) is 11.5 Å². The van der Waals surface area contributed by atoms with Gasteiger partial charge in [0.1, 0.15) is 11.5 Å². The summed E-state index contributed by atoms with van der Waals surface area (Å²) in [6, 6.07) is 4.11. The third kappa shape index (κ3) is 1.12. The average Bonchev–Trinajstić information content (AvgIpc) is 2.10. The fourth-order valence-electron chi connectivity index (χ4n) is 1.53. The van der Waals surface area contributed by atoms with Gasteiger partial charge in [-0.05, 0) is 24.6 Å². The molecule has 0 atom stereocenters. The molecule has 0 bridgehead atoms. The van der Waals surface area contributed by atoms with Crippen LogP contribution < -0.4 is 5.56 Å². The molecular formula is C10H9NO3. The number of hydrogen-bond acceptors (Lipinski definition) is 3. The number of pyridine rings is 1. The summed E-state index contributed by atoms with van der Waals surface area (Å²) in [5.74, 6) is 0.00477. The minimum Gasteiger partial charge on any atom is -0.507 e. The molecule has 0 amide bonds. The number of phenolic OH excluding ortho intramolecular Hbond substituents is 2. The van der Waals surface area contributed by atoms with Crippen molar-refractivity contribution in [3.05, 3.63) is 34.1 Å². The number of nitrogens with one attached hydrogen (secondary N) is 1. The van der Waals surface area contributed by atoms with Gasteiger partial charge in [0.2, 0.25) is 5.56 Å². The third-order valence-corrected chi connectivity index (χ3v) is 2.15. The maximum atomic E-state index is 11.1. The van der Waals surface area contributed by atoms with Gasteiger partial charge in [0.15, 0.2) is 0 Å². The Morgan fingerprint density at radius 3 is 2.57 bits per heavy atom. The second kappa shape index (κ2) is 2.77. The number of aryl methyl sites for hydroxylation is 1. The fourth-order valence-corrected chi connectivity index (χ4v) is 1.53. The third-order valence-electron chi connectivity index (χ3n) is 2.15. The van der Waals surface area contributed by atoms with Crippen molar-refractivity contribution >= 4 is 10.9 Å². The molecule has 72 valence electrons. The van der Waals surface area contributed by atoms with Crippen LogP contribution in [0.15, 0.2) is 23.0 Å². The Morgan fingerprint density at radius 2 is 1.86 bits per heavy atom. The van der Waals surface area contributed by atoms with Gasteiger partial charge < -0.3 is 15.2 Å². The van der Waals surface area contributed by atoms with Crippen LogP contribution in [0.5, 0.6) is 11.5 Å². The van der Waals surface area contributed by atoms with Gasteiger partial charge in [-0.15, -0.1) is 0 Å². The van der Waals surface area contributed by atoms with E-state index in [0.717, 1.165) is 0 Å². The Labute approximate surface area is 79.4 Å². The average molecular weight is 191 g/mol. The second-order valence-electron chi connectivity index (χ2n) is 3.17. The molecule has 0 aliphatic carbocycles. The van der Waals surface area contributed by atoms with Gasteiger partial charge in [-0.3, -0.25) is 4.79 Å². The van der Waals surface area contributed by atoms with Crippen LogP contribution in [0.3, 0.4) is 0 Å². The minimum atomic E-state index is -0.295. The lowest BCUT2D eigenvalue weighted by atomic mass is 10.1. The topological polar surface area (TPSA) is 73.3 Å². The molecule has 0 fully saturated rings. The first-order valence-corrected chi connectivity index (χ1v) is 4.14. The summed E-state index contributed by atoms with van der Waals surface area (Å²) in [6.07, 6.45) is 0. The molecule has 3 N–H and O–H groups in total. The first kappa shape index (κ1) is 8.62. The number of fused-ring (bicyclic) bond motifs is 1. The lowest BCUT2D eigenvalue weighted by Gasteiger charge is -2.05. The van der Waals surface area contributed by atoms with Crippen LogP contribution in [0, 0.1) is 6.92 Å². The highest BCUT2D eigenvalue weighted by Gasteiger charge is 2.08. The smallest absolute Gasteiger partial charge is 0.248 e. The first-order valence-electron chi connectivity index (χ1n) is 4.14. The molecule has 14 heavy (non-hydrogen) atoms. The van der Waals surface area contributed by atoms with Crippen molar-refractivity contribution in [3.63, 3.8) is 0 Å². The lowest BCUT2D eigenvalue weighted by Crippen LogP contribution is -2.04. The fraction of sp³-hybridized carbons (Fsp3) is 0.100. The van der Waals surface area contributed by atoms with E-state index in [1.165, 1.54) is 18.2 Å². The van der Waals surface area contributed by atoms with Crippen LogP contribution >= 0.6 is 0 Å². The number of benzene rings is 1. The zero-order valence-electron chi connectivity index (χ0n) is 7.53. The van der Waals surface area contributed by atoms with Crippen molar-refractivity contribution in [2.45, 2.75) is 6.92 Å². The first-order chi connectivity index (χ1) is 6.59. The van der Waals surface area contributed by atoms with Crippen LogP contribution in [0.25, 0.3) is 10.9 Å². The van der Waals surface area contributed by atoms with Crippen LogP contribution in [-0.4, -0.2) is 15.2 Å². The number of H-pyrrole nitrogens is 1. The molecule has 0 aliphatic heterocycles. The number of aromatic amines is 1. The summed E-state index contributed by atoms with van der Waals surface area (Å²) in [5, 5.41) is 19.5. The summed E-state index contributed by atoms with van der Waals surface area (Å²) in [4.78, 5) is 13.6. The van der Waals surface area contributed by atoms with Crippen molar-refractivity contribution in [1.82, 2.24) is 4.98 Å². The highest BCUT2D eigenvalue weighted by molar-refractivity contribution is 5.91. The van der Waals surface area contributed by atoms with Gasteiger partial charge in [-0.1, -0.05) is 0 Å². The van der Waals surface area contributed by atoms with E-state index >= 15 is 0 Å². The quantitative estimate of drug-likeness (QED) is 0.548. The summed E-state index contributed by atoms with van der Waals surface area (Å²) >= 11 is 0. The summed E-state index contributed by atoms with van der Waals surface area (Å²) in [7, 11) is 0. The normalized spacial score (nSPS) is 10.6. The molecule has 2 aromatic rings. The van der Waals surface area contributed by atoms with Crippen molar-refractivity contribution in [1.29, 1.82) is 0 Å². The SMILES string of the molecule is Cc1cc(=O)[nH]c2c(O)ccc(O)c12. The molecule has 2 rings (SSSR count). The Kier molecular flexibility index (Phi) is 1.70. The zero-order chi connectivity index (χ0) is 10.3. The van der Waals surface area contributed by atoms with Crippen LogP contribution in [-0.2, 0) is 0 Å². The van der Waals surface area contributed by atoms with E-state index in [0.29, 0.717) is 10.9 Å². The maximum Gasteiger partial charge on any atom is 0.248 e. The molecule has 0 saturated carbocycles. The maximum absolute atomic E-state index is 11.1. The summed E-state index contributed by atoms with van der Waals surface area (Å²) < 4.78 is 0. The van der Waals surface area contributed by atoms with Gasteiger partial charge in [0.25, 0.3) is 0 Å². The number of hydrogen-bond donors (Lipinski definition) is 3. The molecule has 1 heterocycles. The van der Waals surface area contributed by atoms with Crippen LogP contribution in [0.2, 0.25) is 0 Å². The second-order valence-corrected chi connectivity index (χ2v) is 3.17. The molecule has 1 aromatic heterocycles. The Morgan fingerprint density at radius 1 is 1.21 bits per heavy atom. The predicted octanol–water partition coefficient (Wildman–Crippen LogP) is 1.25. The zero-order valence-corrected chi connectivity index (χ0v) is 7.53. The van der Waals surface area contributed by atoms with E-state index in [9.17, 15) is 15.0 Å². The molecule has 0 spiro atoms. The van der Waals surface area contributed by atoms with Crippen LogP contribution in [0.1, 0.15) is 5.56 Å². The van der Waals surface area contributed by atoms with E-state index in [1.807, 2.05) is 0 Å². The highest BCUT2D eigenvalue weighted by Crippen LogP contribution is 2.30. The number of aromatic hydroxyl groups is 2. The van der Waals surface area contributed by atoms with Crippen molar-refractivity contribution in [2.75, 3.05) is 0 Å². The van der Waals surface area contributed by atoms with E-state index < -0.39 is 0 Å². The highest BCUT2D eigenvalue weighted by atomic mass is 16.3. The standard InChI is InChI=1S/C10H9NO3/c1-5-4-8(14)11-10-7(13)3-2-6(12)9(5)10/h2-4,12-13H,1H3,(H,11,14). The van der Waals surface area contributed by atoms with Crippen LogP contribution in [0.4, 0.5) is 0 Å². The van der Waals surface area contributed by atoms with Gasteiger partial charge >= 0.3 is 0 Å². The number of phenols is 2. The predicted molar refractivity (Wildman–Crippen MR) is 52.6 cm³/mol. The Hall–Kier alpha value is -1.97. The minimum absolute atomic E-state index is 0.0430. The van der Waals surface area contributed by atoms with E-state index in [-0.39, 0.29) is 22.6 Å². The molecular weight excluding hydrogens is 182 g/mol. The monoisotopic (exact) mass is 191 g/mol. The van der Waals surface area contributed by atoms with E-state index in [4.69, 9.17) is 0 Å². The Balaban J connectivity index is 3.07. The molecule has 0 aliphatic rings. The van der Waals surface area contributed by atoms with Crippen molar-refractivity contribution in [2.24, 2.45) is 0 Å². The van der Waals surface area contributed by atoms with Crippen molar-refractivity contribution in [3.8, 4) is 11.5 Å². The molecule has 0 unspecified atom stereocenters. The summed E-state index contributed by atoms with van der Waals surface area (Å²) in [6.45, 7) is 1.71. The van der Waals surface area contributed by atoms with E-state index in [1.54, 1.807) is 6.92 Å². The molecule has 4 nitrogen and oxygen atoms in total. The Bertz CT molecular complexity index is 557. The summed E-state index contributed by atoms with van der Waals surface area (Å²) in [5.41, 5.74) is 0.614. The largest absolute Gasteiger partial charge is 0.507 e. The molecule has 4 heteroatoms. The van der Waals surface area contributed by atoms with Gasteiger partial charge in [0.05, 0.1) is 5.52 Å². The van der Waals surface area contributed by atoms with Crippen molar-refractivity contribution < 1.29 is 10.2 Å². The van der Waals surface area contributed by atoms with Gasteiger partial charge in [-0.25, -0.2) is 0 Å². The van der Waals surface area contributed by atoms with Gasteiger partial charge in [-0.2, -0.15) is 0 Å². The number of rotatable bonds is 0.